The molecule has 2 heterocycles. The van der Waals surface area contributed by atoms with Crippen LogP contribution in [0.2, 0.25) is 0 Å². The van der Waals surface area contributed by atoms with E-state index in [9.17, 15) is 9.59 Å². The van der Waals surface area contributed by atoms with Gasteiger partial charge in [0.25, 0.3) is 5.56 Å². The van der Waals surface area contributed by atoms with Crippen LogP contribution in [0.3, 0.4) is 0 Å². The quantitative estimate of drug-likeness (QED) is 0.134. The number of hydrogen-bond acceptors (Lipinski definition) is 5. The first-order valence-electron chi connectivity index (χ1n) is 12.5. The summed E-state index contributed by atoms with van der Waals surface area (Å²) in [5.41, 5.74) is 4.76. The highest BCUT2D eigenvalue weighted by molar-refractivity contribution is 7.99. The van der Waals surface area contributed by atoms with Crippen molar-refractivity contribution in [2.75, 3.05) is 5.75 Å². The second kappa shape index (κ2) is 10.1. The van der Waals surface area contributed by atoms with Crippen LogP contribution in [0.4, 0.5) is 0 Å². The van der Waals surface area contributed by atoms with Crippen LogP contribution in [0, 0.1) is 5.92 Å². The van der Waals surface area contributed by atoms with E-state index in [0.717, 1.165) is 46.3 Å². The number of para-hydroxylation sites is 1. The minimum atomic E-state index is -0.0367. The second-order valence-corrected chi connectivity index (χ2v) is 11.6. The average Bonchev–Trinajstić information content (AvgIpc) is 3.30. The van der Waals surface area contributed by atoms with Gasteiger partial charge in [-0.1, -0.05) is 91.5 Å². The maximum absolute atomic E-state index is 13.9. The molecule has 0 aliphatic heterocycles. The standard InChI is InChI=1S/C31H26N2O2S2/c1-20-12-17-25-27(18-20)37-29-28(25)30(35)33(24-10-6-3-7-11-24)31(32-29)36-19-26(34)23-15-13-22(14-16-23)21-8-4-2-5-9-21/h2-11,13-16,20H,12,17-19H2,1H3. The maximum Gasteiger partial charge on any atom is 0.267 e. The molecule has 6 rings (SSSR count). The Hall–Kier alpha value is -3.48. The fraction of sp³-hybridized carbons (Fsp3) is 0.194. The minimum absolute atomic E-state index is 0.0119. The number of benzene rings is 3. The second-order valence-electron chi connectivity index (χ2n) is 9.56. The number of carbonyl (C=O) groups excluding carboxylic acids is 1. The lowest BCUT2D eigenvalue weighted by Gasteiger charge is -2.17. The normalized spacial score (nSPS) is 15.0. The summed E-state index contributed by atoms with van der Waals surface area (Å²) in [6, 6.07) is 27.4. The third kappa shape index (κ3) is 4.67. The number of Topliss-reactive ketones (excluding diaryl/α,β-unsaturated/α-hetero) is 1. The lowest BCUT2D eigenvalue weighted by atomic mass is 9.89. The number of rotatable bonds is 6. The van der Waals surface area contributed by atoms with E-state index in [0.29, 0.717) is 16.6 Å². The van der Waals surface area contributed by atoms with Crippen LogP contribution in [0.15, 0.2) is 94.9 Å². The zero-order valence-corrected chi connectivity index (χ0v) is 22.1. The van der Waals surface area contributed by atoms with Crippen molar-refractivity contribution in [3.63, 3.8) is 0 Å². The largest absolute Gasteiger partial charge is 0.293 e. The third-order valence-corrected chi connectivity index (χ3v) is 9.05. The van der Waals surface area contributed by atoms with Gasteiger partial charge >= 0.3 is 0 Å². The highest BCUT2D eigenvalue weighted by Crippen LogP contribution is 2.37. The molecule has 6 heteroatoms. The zero-order chi connectivity index (χ0) is 25.4. The van der Waals surface area contributed by atoms with Crippen molar-refractivity contribution in [2.45, 2.75) is 31.3 Å². The fourth-order valence-electron chi connectivity index (χ4n) is 4.97. The molecule has 3 aromatic carbocycles. The molecule has 1 aliphatic carbocycles. The Kier molecular flexibility index (Phi) is 6.53. The van der Waals surface area contributed by atoms with Crippen molar-refractivity contribution >= 4 is 39.1 Å². The van der Waals surface area contributed by atoms with Crippen molar-refractivity contribution in [1.29, 1.82) is 0 Å². The van der Waals surface area contributed by atoms with Gasteiger partial charge in [-0.3, -0.25) is 14.2 Å². The van der Waals surface area contributed by atoms with Crippen molar-refractivity contribution in [3.05, 3.63) is 111 Å². The van der Waals surface area contributed by atoms with E-state index in [4.69, 9.17) is 4.98 Å². The van der Waals surface area contributed by atoms with Crippen LogP contribution in [0.25, 0.3) is 27.0 Å². The molecule has 4 nitrogen and oxygen atoms in total. The summed E-state index contributed by atoms with van der Waals surface area (Å²) >= 11 is 2.97. The topological polar surface area (TPSA) is 52.0 Å². The number of thioether (sulfide) groups is 1. The van der Waals surface area contributed by atoms with E-state index < -0.39 is 0 Å². The molecule has 1 aliphatic rings. The molecule has 0 N–H and O–H groups in total. The number of thiophene rings is 1. The Morgan fingerprint density at radius 3 is 2.38 bits per heavy atom. The van der Waals surface area contributed by atoms with Crippen LogP contribution in [0.1, 0.15) is 34.1 Å². The summed E-state index contributed by atoms with van der Waals surface area (Å²) in [5.74, 6) is 0.840. The molecule has 5 aromatic rings. The molecular formula is C31H26N2O2S2. The number of hydrogen-bond donors (Lipinski definition) is 0. The van der Waals surface area contributed by atoms with Crippen molar-refractivity contribution in [3.8, 4) is 16.8 Å². The van der Waals surface area contributed by atoms with Crippen LogP contribution in [-0.2, 0) is 12.8 Å². The van der Waals surface area contributed by atoms with Crippen LogP contribution in [0.5, 0.6) is 0 Å². The van der Waals surface area contributed by atoms with E-state index in [1.54, 1.807) is 15.9 Å². The van der Waals surface area contributed by atoms with Crippen LogP contribution in [-0.4, -0.2) is 21.1 Å². The van der Waals surface area contributed by atoms with Gasteiger partial charge in [-0.15, -0.1) is 11.3 Å². The molecule has 0 amide bonds. The summed E-state index contributed by atoms with van der Waals surface area (Å²) < 4.78 is 1.68. The molecule has 0 bridgehead atoms. The van der Waals surface area contributed by atoms with Gasteiger partial charge in [0.1, 0.15) is 4.83 Å². The highest BCUT2D eigenvalue weighted by atomic mass is 32.2. The predicted molar refractivity (Wildman–Crippen MR) is 153 cm³/mol. The maximum atomic E-state index is 13.9. The molecule has 37 heavy (non-hydrogen) atoms. The van der Waals surface area contributed by atoms with E-state index in [-0.39, 0.29) is 17.1 Å². The first kappa shape index (κ1) is 23.9. The number of aryl methyl sites for hydroxylation is 1. The van der Waals surface area contributed by atoms with Crippen LogP contribution < -0.4 is 5.56 Å². The summed E-state index contributed by atoms with van der Waals surface area (Å²) in [5, 5.41) is 1.31. The van der Waals surface area contributed by atoms with Gasteiger partial charge in [0.05, 0.1) is 16.8 Å². The Labute approximate surface area is 224 Å². The van der Waals surface area contributed by atoms with E-state index in [1.807, 2.05) is 72.8 Å². The molecule has 2 aromatic heterocycles. The third-order valence-electron chi connectivity index (χ3n) is 6.96. The van der Waals surface area contributed by atoms with Crippen molar-refractivity contribution in [1.82, 2.24) is 9.55 Å². The minimum Gasteiger partial charge on any atom is -0.293 e. The summed E-state index contributed by atoms with van der Waals surface area (Å²) in [4.78, 5) is 34.0. The number of ketones is 1. The summed E-state index contributed by atoms with van der Waals surface area (Å²) in [7, 11) is 0. The van der Waals surface area contributed by atoms with Gasteiger partial charge in [0.2, 0.25) is 0 Å². The van der Waals surface area contributed by atoms with E-state index >= 15 is 0 Å². The average molecular weight is 523 g/mol. The lowest BCUT2D eigenvalue weighted by molar-refractivity contribution is 0.102. The Balaban J connectivity index is 1.33. The predicted octanol–water partition coefficient (Wildman–Crippen LogP) is 7.21. The molecule has 184 valence electrons. The monoisotopic (exact) mass is 522 g/mol. The van der Waals surface area contributed by atoms with E-state index in [1.165, 1.54) is 22.2 Å². The molecule has 1 atom stereocenters. The molecule has 0 radical (unpaired) electrons. The number of aromatic nitrogens is 2. The van der Waals surface area contributed by atoms with Gasteiger partial charge in [-0.05, 0) is 54.0 Å². The molecule has 0 saturated carbocycles. The molecule has 0 fully saturated rings. The van der Waals surface area contributed by atoms with Gasteiger partial charge < -0.3 is 0 Å². The Bertz CT molecular complexity index is 1640. The SMILES string of the molecule is CC1CCc2c(sc3nc(SCC(=O)c4ccc(-c5ccccc5)cc4)n(-c4ccccc4)c(=O)c23)C1. The molecule has 0 saturated heterocycles. The van der Waals surface area contributed by atoms with Crippen LogP contribution >= 0.6 is 23.1 Å². The van der Waals surface area contributed by atoms with Gasteiger partial charge in [-0.25, -0.2) is 4.98 Å². The zero-order valence-electron chi connectivity index (χ0n) is 20.5. The van der Waals surface area contributed by atoms with Crippen molar-refractivity contribution < 1.29 is 4.79 Å². The molecular weight excluding hydrogens is 496 g/mol. The Morgan fingerprint density at radius 2 is 1.65 bits per heavy atom. The number of nitrogens with zero attached hydrogens (tertiary/aromatic N) is 2. The number of carbonyl (C=O) groups is 1. The first-order chi connectivity index (χ1) is 18.1. The van der Waals surface area contributed by atoms with Crippen molar-refractivity contribution in [2.24, 2.45) is 5.92 Å². The molecule has 0 spiro atoms. The number of fused-ring (bicyclic) bond motifs is 3. The highest BCUT2D eigenvalue weighted by Gasteiger charge is 2.25. The molecule has 1 unspecified atom stereocenters. The van der Waals surface area contributed by atoms with Gasteiger partial charge in [0.15, 0.2) is 10.9 Å². The Morgan fingerprint density at radius 1 is 0.973 bits per heavy atom. The fourth-order valence-corrected chi connectivity index (χ4v) is 7.30. The first-order valence-corrected chi connectivity index (χ1v) is 14.3. The van der Waals surface area contributed by atoms with Gasteiger partial charge in [0, 0.05) is 10.4 Å². The van der Waals surface area contributed by atoms with Gasteiger partial charge in [-0.2, -0.15) is 0 Å². The lowest BCUT2D eigenvalue weighted by Crippen LogP contribution is -2.23. The smallest absolute Gasteiger partial charge is 0.267 e. The summed E-state index contributed by atoms with van der Waals surface area (Å²) in [6.45, 7) is 2.27. The summed E-state index contributed by atoms with van der Waals surface area (Å²) in [6.07, 6.45) is 3.02. The van der Waals surface area contributed by atoms with E-state index in [2.05, 4.69) is 19.1 Å².